The molecule has 9 nitrogen and oxygen atoms in total. The molecule has 0 bridgehead atoms. The number of esters is 1. The number of piperidine rings is 1. The number of ether oxygens (including phenoxy) is 1. The highest BCUT2D eigenvalue weighted by Crippen LogP contribution is 2.26. The number of hydrogen-bond donors (Lipinski definition) is 3. The molecule has 9 heteroatoms. The average molecular weight is 468 g/mol. The summed E-state index contributed by atoms with van der Waals surface area (Å²) >= 11 is 0. The zero-order valence-electron chi connectivity index (χ0n) is 19.8. The molecule has 1 aliphatic rings. The fourth-order valence-corrected chi connectivity index (χ4v) is 4.37. The molecular weight excluding hydrogens is 434 g/mol. The summed E-state index contributed by atoms with van der Waals surface area (Å²) in [6.07, 6.45) is 2.28. The molecule has 2 aromatic heterocycles. The van der Waals surface area contributed by atoms with E-state index < -0.39 is 0 Å². The van der Waals surface area contributed by atoms with Crippen LogP contribution in [0.1, 0.15) is 43.1 Å². The number of aliphatic hydroxyl groups is 1. The van der Waals surface area contributed by atoms with Crippen LogP contribution in [0.2, 0.25) is 0 Å². The summed E-state index contributed by atoms with van der Waals surface area (Å²) in [6, 6.07) is 9.39. The molecule has 0 amide bonds. The van der Waals surface area contributed by atoms with Crippen molar-refractivity contribution < 1.29 is 19.7 Å². The topological polar surface area (TPSA) is 113 Å². The maximum Gasteiger partial charge on any atom is 0.307 e. The van der Waals surface area contributed by atoms with Crippen LogP contribution in [0.4, 0.5) is 5.95 Å². The van der Waals surface area contributed by atoms with E-state index in [1.165, 1.54) is 0 Å². The van der Waals surface area contributed by atoms with E-state index in [1.807, 2.05) is 36.6 Å². The number of nitrogens with one attached hydrogen (secondary N) is 1. The van der Waals surface area contributed by atoms with Crippen molar-refractivity contribution in [3.63, 3.8) is 0 Å². The molecular formula is C25H33N5O4. The van der Waals surface area contributed by atoms with Crippen LogP contribution in [0.25, 0.3) is 11.0 Å². The summed E-state index contributed by atoms with van der Waals surface area (Å²) < 4.78 is 7.05. The summed E-state index contributed by atoms with van der Waals surface area (Å²) in [7, 11) is 0. The standard InChI is InChI=1S/C25H33N5O4/c1-3-34-24(33)10-13-29-11-8-19(9-12-29)27-25-28-20-6-5-18(16-31)14-22(20)30(25)15-21-23(32)7-4-17(2)26-21/h4-7,14,19,31-32H,3,8-13,15-16H2,1-2H3,(H,27,28). The van der Waals surface area contributed by atoms with E-state index in [9.17, 15) is 15.0 Å². The summed E-state index contributed by atoms with van der Waals surface area (Å²) in [5.41, 5.74) is 3.90. The largest absolute Gasteiger partial charge is 0.506 e. The minimum Gasteiger partial charge on any atom is -0.506 e. The summed E-state index contributed by atoms with van der Waals surface area (Å²) in [6.45, 7) is 6.95. The van der Waals surface area contributed by atoms with Crippen molar-refractivity contribution >= 4 is 23.0 Å². The molecule has 182 valence electrons. The monoisotopic (exact) mass is 467 g/mol. The van der Waals surface area contributed by atoms with Crippen molar-refractivity contribution in [3.8, 4) is 5.75 Å². The Morgan fingerprint density at radius 3 is 2.74 bits per heavy atom. The fraction of sp³-hybridized carbons (Fsp3) is 0.480. The number of aromatic hydroxyl groups is 1. The van der Waals surface area contributed by atoms with Gasteiger partial charge in [0.05, 0.1) is 37.2 Å². The summed E-state index contributed by atoms with van der Waals surface area (Å²) in [5.74, 6) is 0.719. The van der Waals surface area contributed by atoms with Crippen molar-refractivity contribution in [1.29, 1.82) is 0 Å². The Bertz CT molecular complexity index is 1140. The first kappa shape index (κ1) is 24.0. The van der Waals surface area contributed by atoms with Crippen molar-refractivity contribution in [3.05, 3.63) is 47.3 Å². The third-order valence-corrected chi connectivity index (χ3v) is 6.25. The molecule has 0 unspecified atom stereocenters. The molecule has 1 aliphatic heterocycles. The van der Waals surface area contributed by atoms with Gasteiger partial charge < -0.3 is 29.7 Å². The van der Waals surface area contributed by atoms with E-state index in [1.54, 1.807) is 12.1 Å². The molecule has 0 atom stereocenters. The first-order chi connectivity index (χ1) is 16.5. The lowest BCUT2D eigenvalue weighted by Crippen LogP contribution is -2.40. The van der Waals surface area contributed by atoms with Gasteiger partial charge >= 0.3 is 5.97 Å². The Labute approximate surface area is 199 Å². The molecule has 1 fully saturated rings. The minimum absolute atomic E-state index is 0.0535. The van der Waals surface area contributed by atoms with Crippen molar-refractivity contribution in [2.75, 3.05) is 31.6 Å². The number of fused-ring (bicyclic) bond motifs is 1. The number of benzene rings is 1. The number of imidazole rings is 1. The minimum atomic E-state index is -0.147. The zero-order chi connectivity index (χ0) is 24.1. The first-order valence-electron chi connectivity index (χ1n) is 11.9. The molecule has 1 aromatic carbocycles. The number of carbonyl (C=O) groups is 1. The number of carbonyl (C=O) groups excluding carboxylic acids is 1. The summed E-state index contributed by atoms with van der Waals surface area (Å²) in [4.78, 5) is 23.3. The number of aromatic nitrogens is 3. The van der Waals surface area contributed by atoms with E-state index >= 15 is 0 Å². The SMILES string of the molecule is CCOC(=O)CCN1CCC(Nc2nc3ccc(CO)cc3n2Cc2nc(C)ccc2O)CC1. The van der Waals surface area contributed by atoms with Crippen molar-refractivity contribution in [2.45, 2.75) is 52.3 Å². The molecule has 3 N–H and O–H groups in total. The third-order valence-electron chi connectivity index (χ3n) is 6.25. The number of likely N-dealkylation sites (tertiary alicyclic amines) is 1. The van der Waals surface area contributed by atoms with Crippen LogP contribution in [0, 0.1) is 6.92 Å². The predicted molar refractivity (Wildman–Crippen MR) is 130 cm³/mol. The lowest BCUT2D eigenvalue weighted by Gasteiger charge is -2.32. The van der Waals surface area contributed by atoms with Gasteiger partial charge in [-0.1, -0.05) is 6.07 Å². The van der Waals surface area contributed by atoms with Crippen LogP contribution < -0.4 is 5.32 Å². The molecule has 34 heavy (non-hydrogen) atoms. The van der Waals surface area contributed by atoms with E-state index in [2.05, 4.69) is 15.2 Å². The van der Waals surface area contributed by atoms with Gasteiger partial charge in [-0.05, 0) is 56.5 Å². The maximum absolute atomic E-state index is 11.6. The van der Waals surface area contributed by atoms with Crippen LogP contribution in [-0.4, -0.2) is 67.9 Å². The Morgan fingerprint density at radius 2 is 2.00 bits per heavy atom. The van der Waals surface area contributed by atoms with Crippen LogP contribution in [0.3, 0.4) is 0 Å². The van der Waals surface area contributed by atoms with Gasteiger partial charge in [0.25, 0.3) is 0 Å². The van der Waals surface area contributed by atoms with E-state index in [0.717, 1.165) is 54.2 Å². The predicted octanol–water partition coefficient (Wildman–Crippen LogP) is 2.82. The lowest BCUT2D eigenvalue weighted by atomic mass is 10.1. The van der Waals surface area contributed by atoms with Gasteiger partial charge in [-0.2, -0.15) is 0 Å². The number of aryl methyl sites for hydroxylation is 1. The van der Waals surface area contributed by atoms with Crippen molar-refractivity contribution in [2.24, 2.45) is 0 Å². The molecule has 4 rings (SSSR count). The smallest absolute Gasteiger partial charge is 0.307 e. The van der Waals surface area contributed by atoms with Gasteiger partial charge in [0.15, 0.2) is 0 Å². The van der Waals surface area contributed by atoms with Crippen molar-refractivity contribution in [1.82, 2.24) is 19.4 Å². The Kier molecular flexibility index (Phi) is 7.64. The Balaban J connectivity index is 1.50. The van der Waals surface area contributed by atoms with Gasteiger partial charge in [-0.25, -0.2) is 4.98 Å². The van der Waals surface area contributed by atoms with Crippen LogP contribution in [-0.2, 0) is 22.7 Å². The Hall–Kier alpha value is -3.17. The van der Waals surface area contributed by atoms with Crippen LogP contribution in [0.5, 0.6) is 5.75 Å². The van der Waals surface area contributed by atoms with Crippen LogP contribution in [0.15, 0.2) is 30.3 Å². The first-order valence-corrected chi connectivity index (χ1v) is 11.9. The van der Waals surface area contributed by atoms with E-state index in [-0.39, 0.29) is 24.4 Å². The number of nitrogens with zero attached hydrogens (tertiary/aromatic N) is 4. The number of anilines is 1. The molecule has 3 aromatic rings. The number of pyridine rings is 1. The highest BCUT2D eigenvalue weighted by atomic mass is 16.5. The Morgan fingerprint density at radius 1 is 1.21 bits per heavy atom. The lowest BCUT2D eigenvalue weighted by molar-refractivity contribution is -0.143. The second kappa shape index (κ2) is 10.8. The van der Waals surface area contributed by atoms with Crippen LogP contribution >= 0.6 is 0 Å². The zero-order valence-corrected chi connectivity index (χ0v) is 19.8. The normalized spacial score (nSPS) is 15.0. The molecule has 0 radical (unpaired) electrons. The average Bonchev–Trinajstić information content (AvgIpc) is 3.17. The molecule has 0 saturated carbocycles. The molecule has 1 saturated heterocycles. The van der Waals surface area contributed by atoms with Gasteiger partial charge in [-0.15, -0.1) is 0 Å². The van der Waals surface area contributed by atoms with Gasteiger partial charge in [0.1, 0.15) is 11.4 Å². The fourth-order valence-electron chi connectivity index (χ4n) is 4.37. The van der Waals surface area contributed by atoms with Gasteiger partial charge in [0.2, 0.25) is 5.95 Å². The molecule has 0 spiro atoms. The second-order valence-electron chi connectivity index (χ2n) is 8.74. The highest BCUT2D eigenvalue weighted by molar-refractivity contribution is 5.79. The van der Waals surface area contributed by atoms with Gasteiger partial charge in [-0.3, -0.25) is 9.78 Å². The van der Waals surface area contributed by atoms with E-state index in [0.29, 0.717) is 31.8 Å². The second-order valence-corrected chi connectivity index (χ2v) is 8.74. The maximum atomic E-state index is 11.6. The molecule has 0 aliphatic carbocycles. The van der Waals surface area contributed by atoms with Gasteiger partial charge in [0, 0.05) is 31.4 Å². The highest BCUT2D eigenvalue weighted by Gasteiger charge is 2.22. The number of hydrogen-bond acceptors (Lipinski definition) is 8. The van der Waals surface area contributed by atoms with E-state index in [4.69, 9.17) is 9.72 Å². The molecule has 3 heterocycles. The summed E-state index contributed by atoms with van der Waals surface area (Å²) in [5, 5.41) is 23.6. The number of rotatable bonds is 9. The third kappa shape index (κ3) is 5.66. The number of aliphatic hydroxyl groups excluding tert-OH is 1. The quantitative estimate of drug-likeness (QED) is 0.412.